The fourth-order valence-electron chi connectivity index (χ4n) is 2.88. The number of hydrogen-bond donors (Lipinski definition) is 1. The summed E-state index contributed by atoms with van der Waals surface area (Å²) in [4.78, 5) is 0.927. The first kappa shape index (κ1) is 12.0. The molecule has 2 aromatic rings. The van der Waals surface area contributed by atoms with Gasteiger partial charge < -0.3 is 5.32 Å². The van der Waals surface area contributed by atoms with Gasteiger partial charge in [0.15, 0.2) is 5.82 Å². The first-order chi connectivity index (χ1) is 8.75. The average Bonchev–Trinajstić information content (AvgIpc) is 2.94. The minimum Gasteiger partial charge on any atom is -0.317 e. The molecule has 1 N–H and O–H groups in total. The van der Waals surface area contributed by atoms with Crippen LogP contribution in [0.25, 0.3) is 4.96 Å². The summed E-state index contributed by atoms with van der Waals surface area (Å²) >= 11 is 1.71. The Labute approximate surface area is 111 Å². The van der Waals surface area contributed by atoms with Crippen molar-refractivity contribution in [2.45, 2.75) is 44.9 Å². The van der Waals surface area contributed by atoms with Crippen molar-refractivity contribution in [3.8, 4) is 0 Å². The van der Waals surface area contributed by atoms with Crippen LogP contribution in [0.2, 0.25) is 0 Å². The minimum atomic E-state index is 0.262. The highest BCUT2D eigenvalue weighted by molar-refractivity contribution is 7.16. The lowest BCUT2D eigenvalue weighted by molar-refractivity contribution is 0.282. The van der Waals surface area contributed by atoms with Crippen LogP contribution in [-0.4, -0.2) is 32.9 Å². The zero-order valence-electron chi connectivity index (χ0n) is 10.9. The standard InChI is InChI=1S/C12H19N5S/c1-3-4-12(5-7-13-8-6-12)10-16-17-9(2)14-15-11(17)18-10/h13H,3-8H2,1-2H3. The van der Waals surface area contributed by atoms with E-state index in [2.05, 4.69) is 22.4 Å². The monoisotopic (exact) mass is 265 g/mol. The highest BCUT2D eigenvalue weighted by Crippen LogP contribution is 2.39. The number of fused-ring (bicyclic) bond motifs is 1. The number of rotatable bonds is 3. The van der Waals surface area contributed by atoms with Gasteiger partial charge in [0, 0.05) is 5.41 Å². The third-order valence-electron chi connectivity index (χ3n) is 3.89. The summed E-state index contributed by atoms with van der Waals surface area (Å²) in [6.45, 7) is 6.41. The second kappa shape index (κ2) is 4.59. The Morgan fingerprint density at radius 1 is 1.33 bits per heavy atom. The van der Waals surface area contributed by atoms with Crippen molar-refractivity contribution in [2.75, 3.05) is 13.1 Å². The van der Waals surface area contributed by atoms with Crippen LogP contribution in [0.1, 0.15) is 43.4 Å². The Morgan fingerprint density at radius 3 is 2.78 bits per heavy atom. The van der Waals surface area contributed by atoms with Crippen molar-refractivity contribution in [1.82, 2.24) is 25.1 Å². The van der Waals surface area contributed by atoms with Crippen LogP contribution in [0, 0.1) is 6.92 Å². The SMILES string of the molecule is CCCC1(c2nn3c(C)nnc3s2)CCNCC1. The summed E-state index contributed by atoms with van der Waals surface area (Å²) in [6.07, 6.45) is 4.80. The van der Waals surface area contributed by atoms with E-state index in [-0.39, 0.29) is 5.41 Å². The van der Waals surface area contributed by atoms with Crippen molar-refractivity contribution < 1.29 is 0 Å². The Balaban J connectivity index is 2.02. The van der Waals surface area contributed by atoms with Gasteiger partial charge >= 0.3 is 0 Å². The lowest BCUT2D eigenvalue weighted by Crippen LogP contribution is -2.39. The summed E-state index contributed by atoms with van der Waals surface area (Å²) < 4.78 is 1.89. The lowest BCUT2D eigenvalue weighted by Gasteiger charge is -2.35. The highest BCUT2D eigenvalue weighted by Gasteiger charge is 2.36. The number of piperidine rings is 1. The molecule has 1 fully saturated rings. The van der Waals surface area contributed by atoms with Crippen LogP contribution in [0.15, 0.2) is 0 Å². The molecule has 0 bridgehead atoms. The summed E-state index contributed by atoms with van der Waals surface area (Å²) in [6, 6.07) is 0. The molecule has 3 rings (SSSR count). The molecule has 5 nitrogen and oxygen atoms in total. The van der Waals surface area contributed by atoms with Gasteiger partial charge in [0.2, 0.25) is 4.96 Å². The van der Waals surface area contributed by atoms with Gasteiger partial charge in [-0.05, 0) is 39.3 Å². The molecule has 0 aromatic carbocycles. The second-order valence-corrected chi connectivity index (χ2v) is 6.09. The number of nitrogens with zero attached hydrogens (tertiary/aromatic N) is 4. The molecule has 0 atom stereocenters. The number of aromatic nitrogens is 4. The van der Waals surface area contributed by atoms with Crippen LogP contribution in [0.5, 0.6) is 0 Å². The molecule has 1 aliphatic rings. The van der Waals surface area contributed by atoms with E-state index in [0.29, 0.717) is 0 Å². The van der Waals surface area contributed by atoms with E-state index in [1.807, 2.05) is 11.4 Å². The maximum atomic E-state index is 4.77. The summed E-state index contributed by atoms with van der Waals surface area (Å²) in [5.74, 6) is 0.882. The molecular formula is C12H19N5S. The van der Waals surface area contributed by atoms with Gasteiger partial charge in [-0.25, -0.2) is 0 Å². The van der Waals surface area contributed by atoms with Gasteiger partial charge in [0.25, 0.3) is 0 Å². The zero-order chi connectivity index (χ0) is 12.6. The van der Waals surface area contributed by atoms with E-state index < -0.39 is 0 Å². The van der Waals surface area contributed by atoms with Gasteiger partial charge in [-0.3, -0.25) is 0 Å². The smallest absolute Gasteiger partial charge is 0.234 e. The van der Waals surface area contributed by atoms with E-state index >= 15 is 0 Å². The number of nitrogens with one attached hydrogen (secondary N) is 1. The summed E-state index contributed by atoms with van der Waals surface area (Å²) in [5.41, 5.74) is 0.262. The maximum Gasteiger partial charge on any atom is 0.234 e. The van der Waals surface area contributed by atoms with Gasteiger partial charge in [-0.2, -0.15) is 9.61 Å². The lowest BCUT2D eigenvalue weighted by atomic mass is 9.76. The molecule has 0 aliphatic carbocycles. The molecule has 0 spiro atoms. The molecule has 0 amide bonds. The van der Waals surface area contributed by atoms with E-state index in [9.17, 15) is 0 Å². The molecule has 18 heavy (non-hydrogen) atoms. The first-order valence-corrected chi connectivity index (χ1v) is 7.47. The van der Waals surface area contributed by atoms with Crippen LogP contribution in [0.4, 0.5) is 0 Å². The number of hydrogen-bond acceptors (Lipinski definition) is 5. The predicted molar refractivity (Wildman–Crippen MR) is 72.1 cm³/mol. The van der Waals surface area contributed by atoms with Crippen molar-refractivity contribution in [1.29, 1.82) is 0 Å². The molecule has 0 saturated carbocycles. The quantitative estimate of drug-likeness (QED) is 0.921. The van der Waals surface area contributed by atoms with Crippen molar-refractivity contribution in [2.24, 2.45) is 0 Å². The average molecular weight is 265 g/mol. The third-order valence-corrected chi connectivity index (χ3v) is 5.03. The highest BCUT2D eigenvalue weighted by atomic mass is 32.1. The third kappa shape index (κ3) is 1.83. The van der Waals surface area contributed by atoms with Crippen LogP contribution in [0.3, 0.4) is 0 Å². The van der Waals surface area contributed by atoms with Crippen LogP contribution >= 0.6 is 11.3 Å². The van der Waals surface area contributed by atoms with Gasteiger partial charge in [0.1, 0.15) is 5.01 Å². The minimum absolute atomic E-state index is 0.262. The Morgan fingerprint density at radius 2 is 2.11 bits per heavy atom. The summed E-state index contributed by atoms with van der Waals surface area (Å²) in [7, 11) is 0. The predicted octanol–water partition coefficient (Wildman–Crippen LogP) is 1.92. The number of aryl methyl sites for hydroxylation is 1. The Hall–Kier alpha value is -1.01. The van der Waals surface area contributed by atoms with Crippen LogP contribution in [-0.2, 0) is 5.41 Å². The Bertz CT molecular complexity index is 532. The zero-order valence-corrected chi connectivity index (χ0v) is 11.8. The van der Waals surface area contributed by atoms with Crippen molar-refractivity contribution >= 4 is 16.3 Å². The van der Waals surface area contributed by atoms with E-state index in [0.717, 1.165) is 23.9 Å². The van der Waals surface area contributed by atoms with Crippen molar-refractivity contribution in [3.63, 3.8) is 0 Å². The topological polar surface area (TPSA) is 55.1 Å². The molecule has 98 valence electrons. The van der Waals surface area contributed by atoms with Gasteiger partial charge in [-0.15, -0.1) is 10.2 Å². The first-order valence-electron chi connectivity index (χ1n) is 6.65. The molecule has 1 saturated heterocycles. The molecule has 0 radical (unpaired) electrons. The summed E-state index contributed by atoms with van der Waals surface area (Å²) in [5, 5.41) is 17.7. The molecule has 2 aromatic heterocycles. The molecule has 1 aliphatic heterocycles. The van der Waals surface area contributed by atoms with Gasteiger partial charge in [-0.1, -0.05) is 24.7 Å². The molecule has 6 heteroatoms. The molecule has 0 unspecified atom stereocenters. The fraction of sp³-hybridized carbons (Fsp3) is 0.750. The molecule has 3 heterocycles. The van der Waals surface area contributed by atoms with Crippen molar-refractivity contribution in [3.05, 3.63) is 10.8 Å². The van der Waals surface area contributed by atoms with Gasteiger partial charge in [0.05, 0.1) is 0 Å². The molecular weight excluding hydrogens is 246 g/mol. The van der Waals surface area contributed by atoms with E-state index in [1.165, 1.54) is 30.7 Å². The normalized spacial score (nSPS) is 19.4. The van der Waals surface area contributed by atoms with Crippen LogP contribution < -0.4 is 5.32 Å². The largest absolute Gasteiger partial charge is 0.317 e. The van der Waals surface area contributed by atoms with E-state index in [4.69, 9.17) is 5.10 Å². The second-order valence-electron chi connectivity index (χ2n) is 5.13. The maximum absolute atomic E-state index is 4.77. The Kier molecular flexibility index (Phi) is 3.07. The fourth-order valence-corrected chi connectivity index (χ4v) is 4.04. The van der Waals surface area contributed by atoms with E-state index in [1.54, 1.807) is 11.3 Å².